The van der Waals surface area contributed by atoms with Crippen molar-refractivity contribution < 1.29 is 0 Å². The molecule has 2 heterocycles. The molecule has 0 radical (unpaired) electrons. The molecule has 2 heteroatoms. The van der Waals surface area contributed by atoms with E-state index in [0.29, 0.717) is 6.04 Å². The van der Waals surface area contributed by atoms with Gasteiger partial charge in [0.1, 0.15) is 0 Å². The van der Waals surface area contributed by atoms with E-state index >= 15 is 0 Å². The highest BCUT2D eigenvalue weighted by Gasteiger charge is 2.28. The van der Waals surface area contributed by atoms with Gasteiger partial charge in [0.25, 0.3) is 0 Å². The minimum Gasteiger partial charge on any atom is -0.310 e. The van der Waals surface area contributed by atoms with Crippen molar-refractivity contribution in [1.82, 2.24) is 10.3 Å². The zero-order valence-corrected chi connectivity index (χ0v) is 9.82. The molecular formula is C15H16N2. The van der Waals surface area contributed by atoms with Crippen LogP contribution in [0.5, 0.6) is 0 Å². The van der Waals surface area contributed by atoms with Gasteiger partial charge in [-0.3, -0.25) is 4.98 Å². The number of aromatic nitrogens is 1. The molecule has 0 amide bonds. The Bertz CT molecular complexity index is 496. The molecular weight excluding hydrogens is 208 g/mol. The van der Waals surface area contributed by atoms with Gasteiger partial charge in [0.15, 0.2) is 0 Å². The van der Waals surface area contributed by atoms with Crippen LogP contribution in [-0.4, -0.2) is 17.6 Å². The zero-order valence-electron chi connectivity index (χ0n) is 9.82. The molecule has 1 aliphatic heterocycles. The van der Waals surface area contributed by atoms with Crippen LogP contribution in [-0.2, 0) is 0 Å². The molecule has 1 aromatic heterocycles. The van der Waals surface area contributed by atoms with Crippen LogP contribution in [0.1, 0.15) is 30.4 Å². The minimum atomic E-state index is 0.563. The maximum absolute atomic E-state index is 5.41. The van der Waals surface area contributed by atoms with Gasteiger partial charge in [0, 0.05) is 24.0 Å². The monoisotopic (exact) mass is 224 g/mol. The Morgan fingerprint density at radius 3 is 3.18 bits per heavy atom. The minimum absolute atomic E-state index is 0.563. The van der Waals surface area contributed by atoms with Crippen LogP contribution in [0.25, 0.3) is 5.57 Å². The third-order valence-corrected chi connectivity index (χ3v) is 3.84. The number of pyridine rings is 1. The van der Waals surface area contributed by atoms with Crippen LogP contribution >= 0.6 is 0 Å². The summed E-state index contributed by atoms with van der Waals surface area (Å²) in [5.41, 5.74) is 3.45. The Kier molecular flexibility index (Phi) is 2.70. The number of fused-ring (bicyclic) bond motifs is 1. The summed E-state index contributed by atoms with van der Waals surface area (Å²) in [4.78, 5) is 4.21. The molecule has 0 bridgehead atoms. The molecule has 3 rings (SSSR count). The molecule has 1 fully saturated rings. The van der Waals surface area contributed by atoms with Crippen LogP contribution in [0, 0.1) is 18.3 Å². The highest BCUT2D eigenvalue weighted by Crippen LogP contribution is 2.34. The van der Waals surface area contributed by atoms with E-state index in [0.717, 1.165) is 24.4 Å². The first-order valence-corrected chi connectivity index (χ1v) is 6.23. The summed E-state index contributed by atoms with van der Waals surface area (Å²) in [5.74, 6) is 3.48. The van der Waals surface area contributed by atoms with E-state index in [1.165, 1.54) is 24.0 Å². The largest absolute Gasteiger partial charge is 0.310 e. The van der Waals surface area contributed by atoms with Crippen molar-refractivity contribution in [3.05, 3.63) is 35.7 Å². The van der Waals surface area contributed by atoms with Gasteiger partial charge in [0.2, 0.25) is 0 Å². The lowest BCUT2D eigenvalue weighted by molar-refractivity contribution is 0.465. The van der Waals surface area contributed by atoms with Gasteiger partial charge in [-0.2, -0.15) is 0 Å². The Balaban J connectivity index is 1.91. The predicted molar refractivity (Wildman–Crippen MR) is 69.3 cm³/mol. The van der Waals surface area contributed by atoms with Crippen LogP contribution in [0.3, 0.4) is 0 Å². The van der Waals surface area contributed by atoms with Gasteiger partial charge in [-0.25, -0.2) is 0 Å². The molecule has 1 N–H and O–H groups in total. The van der Waals surface area contributed by atoms with Gasteiger partial charge in [0.05, 0.1) is 0 Å². The van der Waals surface area contributed by atoms with Gasteiger partial charge in [-0.15, -0.1) is 6.42 Å². The number of hydrogen-bond acceptors (Lipinski definition) is 2. The zero-order chi connectivity index (χ0) is 11.7. The highest BCUT2D eigenvalue weighted by molar-refractivity contribution is 5.67. The standard InChI is InChI=1S/C15H16N2/c1-2-11-7-14(10-16-9-11)13-4-3-12-5-6-17-15(12)8-13/h1,7-10,12,15,17H,3-6H2. The van der Waals surface area contributed by atoms with Crippen molar-refractivity contribution in [2.75, 3.05) is 6.54 Å². The summed E-state index contributed by atoms with van der Waals surface area (Å²) in [7, 11) is 0. The first kappa shape index (κ1) is 10.6. The average molecular weight is 224 g/mol. The van der Waals surface area contributed by atoms with Crippen LogP contribution in [0.15, 0.2) is 24.5 Å². The number of allylic oxidation sites excluding steroid dienone is 1. The second kappa shape index (κ2) is 4.35. The highest BCUT2D eigenvalue weighted by atomic mass is 14.9. The lowest BCUT2D eigenvalue weighted by Gasteiger charge is -2.24. The Hall–Kier alpha value is -1.59. The Morgan fingerprint density at radius 2 is 2.29 bits per heavy atom. The Labute approximate surface area is 102 Å². The SMILES string of the molecule is C#Cc1cncc(C2=CC3NCCC3CC2)c1. The van der Waals surface area contributed by atoms with Gasteiger partial charge in [-0.05, 0) is 48.9 Å². The fraction of sp³-hybridized carbons (Fsp3) is 0.400. The van der Waals surface area contributed by atoms with Gasteiger partial charge in [-0.1, -0.05) is 12.0 Å². The number of nitrogens with zero attached hydrogens (tertiary/aromatic N) is 1. The van der Waals surface area contributed by atoms with E-state index in [9.17, 15) is 0 Å². The summed E-state index contributed by atoms with van der Waals surface area (Å²) < 4.78 is 0. The molecule has 2 unspecified atom stereocenters. The Morgan fingerprint density at radius 1 is 1.35 bits per heavy atom. The summed E-state index contributed by atoms with van der Waals surface area (Å²) in [6, 6.07) is 2.63. The molecule has 0 saturated carbocycles. The fourth-order valence-electron chi connectivity index (χ4n) is 2.88. The normalized spacial score (nSPS) is 27.1. The molecule has 1 aromatic rings. The quantitative estimate of drug-likeness (QED) is 0.740. The lowest BCUT2D eigenvalue weighted by Crippen LogP contribution is -2.27. The summed E-state index contributed by atoms with van der Waals surface area (Å²) in [6.45, 7) is 1.15. The van der Waals surface area contributed by atoms with Crippen molar-refractivity contribution in [3.63, 3.8) is 0 Å². The molecule has 0 spiro atoms. The number of hydrogen-bond donors (Lipinski definition) is 1. The lowest BCUT2D eigenvalue weighted by atomic mass is 9.84. The van der Waals surface area contributed by atoms with Crippen molar-refractivity contribution in [3.8, 4) is 12.3 Å². The van der Waals surface area contributed by atoms with Crippen molar-refractivity contribution in [1.29, 1.82) is 0 Å². The average Bonchev–Trinajstić information content (AvgIpc) is 2.86. The van der Waals surface area contributed by atoms with Crippen molar-refractivity contribution in [2.45, 2.75) is 25.3 Å². The fourth-order valence-corrected chi connectivity index (χ4v) is 2.88. The molecule has 1 aliphatic carbocycles. The van der Waals surface area contributed by atoms with E-state index in [1.54, 1.807) is 6.20 Å². The molecule has 2 aliphatic rings. The smallest absolute Gasteiger partial charge is 0.0432 e. The van der Waals surface area contributed by atoms with E-state index < -0.39 is 0 Å². The van der Waals surface area contributed by atoms with Crippen LogP contribution < -0.4 is 5.32 Å². The number of rotatable bonds is 1. The maximum atomic E-state index is 5.41. The molecule has 17 heavy (non-hydrogen) atoms. The van der Waals surface area contributed by atoms with Crippen molar-refractivity contribution in [2.24, 2.45) is 5.92 Å². The topological polar surface area (TPSA) is 24.9 Å². The van der Waals surface area contributed by atoms with E-state index in [4.69, 9.17) is 6.42 Å². The second-order valence-electron chi connectivity index (χ2n) is 4.87. The summed E-state index contributed by atoms with van der Waals surface area (Å²) >= 11 is 0. The number of terminal acetylenes is 1. The van der Waals surface area contributed by atoms with Gasteiger partial charge < -0.3 is 5.32 Å². The maximum Gasteiger partial charge on any atom is 0.0432 e. The molecule has 0 aromatic carbocycles. The number of nitrogens with one attached hydrogen (secondary N) is 1. The first-order chi connectivity index (χ1) is 8.36. The summed E-state index contributed by atoms with van der Waals surface area (Å²) in [6.07, 6.45) is 15.2. The molecule has 86 valence electrons. The first-order valence-electron chi connectivity index (χ1n) is 6.23. The third-order valence-electron chi connectivity index (χ3n) is 3.84. The third kappa shape index (κ3) is 1.99. The predicted octanol–water partition coefficient (Wildman–Crippen LogP) is 2.22. The second-order valence-corrected chi connectivity index (χ2v) is 4.87. The van der Waals surface area contributed by atoms with Crippen LogP contribution in [0.4, 0.5) is 0 Å². The van der Waals surface area contributed by atoms with E-state index in [1.807, 2.05) is 6.20 Å². The van der Waals surface area contributed by atoms with E-state index in [2.05, 4.69) is 28.4 Å². The van der Waals surface area contributed by atoms with Crippen LogP contribution in [0.2, 0.25) is 0 Å². The summed E-state index contributed by atoms with van der Waals surface area (Å²) in [5, 5.41) is 3.55. The molecule has 2 atom stereocenters. The van der Waals surface area contributed by atoms with Gasteiger partial charge >= 0.3 is 0 Å². The molecule has 2 nitrogen and oxygen atoms in total. The van der Waals surface area contributed by atoms with Crippen molar-refractivity contribution >= 4 is 5.57 Å². The molecule has 1 saturated heterocycles. The van der Waals surface area contributed by atoms with E-state index in [-0.39, 0.29) is 0 Å².